The largest absolute Gasteiger partial charge is 0.354 e. The molecule has 0 heterocycles. The summed E-state index contributed by atoms with van der Waals surface area (Å²) in [6.45, 7) is 6.75. The minimum absolute atomic E-state index is 0.173. The predicted molar refractivity (Wildman–Crippen MR) is 79.1 cm³/mol. The van der Waals surface area contributed by atoms with Crippen molar-refractivity contribution in [2.75, 3.05) is 6.54 Å². The molecule has 3 N–H and O–H groups in total. The van der Waals surface area contributed by atoms with Gasteiger partial charge in [0, 0.05) is 13.1 Å². The fourth-order valence-electron chi connectivity index (χ4n) is 1.55. The van der Waals surface area contributed by atoms with Crippen LogP contribution in [0.3, 0.4) is 0 Å². The van der Waals surface area contributed by atoms with E-state index < -0.39 is 6.04 Å². The number of carbonyl (C=O) groups excluding carboxylic acids is 2. The number of benzene rings is 1. The summed E-state index contributed by atoms with van der Waals surface area (Å²) in [7, 11) is 0. The smallest absolute Gasteiger partial charge is 0.315 e. The van der Waals surface area contributed by atoms with Gasteiger partial charge in [0.15, 0.2) is 0 Å². The van der Waals surface area contributed by atoms with Crippen LogP contribution in [0.5, 0.6) is 0 Å². The molecule has 0 aliphatic heterocycles. The Morgan fingerprint density at radius 2 is 1.70 bits per heavy atom. The van der Waals surface area contributed by atoms with Crippen molar-refractivity contribution in [2.45, 2.75) is 33.4 Å². The normalized spacial score (nSPS) is 11.8. The van der Waals surface area contributed by atoms with Crippen LogP contribution in [0.4, 0.5) is 4.79 Å². The number of nitrogens with one attached hydrogen (secondary N) is 3. The van der Waals surface area contributed by atoms with Crippen LogP contribution in [0.1, 0.15) is 26.3 Å². The highest BCUT2D eigenvalue weighted by atomic mass is 16.2. The zero-order valence-corrected chi connectivity index (χ0v) is 12.3. The van der Waals surface area contributed by atoms with Crippen molar-refractivity contribution in [3.63, 3.8) is 0 Å². The maximum atomic E-state index is 11.7. The van der Waals surface area contributed by atoms with Crippen molar-refractivity contribution in [3.05, 3.63) is 35.9 Å². The summed E-state index contributed by atoms with van der Waals surface area (Å²) < 4.78 is 0. The molecule has 0 radical (unpaired) electrons. The number of carbonyl (C=O) groups is 2. The fraction of sp³-hybridized carbons (Fsp3) is 0.467. The van der Waals surface area contributed by atoms with E-state index in [0.717, 1.165) is 5.56 Å². The third-order valence-corrected chi connectivity index (χ3v) is 2.72. The van der Waals surface area contributed by atoms with Crippen LogP contribution >= 0.6 is 0 Å². The molecule has 1 aromatic rings. The summed E-state index contributed by atoms with van der Waals surface area (Å²) in [5.74, 6) is 0.214. The van der Waals surface area contributed by atoms with E-state index in [1.807, 2.05) is 44.2 Å². The monoisotopic (exact) mass is 277 g/mol. The van der Waals surface area contributed by atoms with E-state index in [0.29, 0.717) is 19.0 Å². The minimum atomic E-state index is -0.551. The zero-order chi connectivity index (χ0) is 15.0. The van der Waals surface area contributed by atoms with Crippen LogP contribution < -0.4 is 16.0 Å². The molecule has 0 fully saturated rings. The first kappa shape index (κ1) is 16.0. The highest BCUT2D eigenvalue weighted by Gasteiger charge is 2.14. The average Bonchev–Trinajstić information content (AvgIpc) is 2.43. The second kappa shape index (κ2) is 8.19. The zero-order valence-electron chi connectivity index (χ0n) is 12.3. The summed E-state index contributed by atoms with van der Waals surface area (Å²) in [4.78, 5) is 23.4. The summed E-state index contributed by atoms with van der Waals surface area (Å²) in [6, 6.07) is 8.71. The van der Waals surface area contributed by atoms with E-state index in [9.17, 15) is 9.59 Å². The SMILES string of the molecule is CC(C)CNC(=O)C(C)NC(=O)NCc1ccccc1. The molecule has 5 heteroatoms. The molecule has 1 aromatic carbocycles. The van der Waals surface area contributed by atoms with Crippen molar-refractivity contribution < 1.29 is 9.59 Å². The topological polar surface area (TPSA) is 70.2 Å². The first-order chi connectivity index (χ1) is 9.49. The van der Waals surface area contributed by atoms with Gasteiger partial charge in [0.25, 0.3) is 0 Å². The van der Waals surface area contributed by atoms with Crippen LogP contribution in [-0.4, -0.2) is 24.5 Å². The quantitative estimate of drug-likeness (QED) is 0.740. The van der Waals surface area contributed by atoms with Gasteiger partial charge in [-0.1, -0.05) is 44.2 Å². The number of hydrogen-bond acceptors (Lipinski definition) is 2. The van der Waals surface area contributed by atoms with Crippen molar-refractivity contribution in [1.29, 1.82) is 0 Å². The lowest BCUT2D eigenvalue weighted by Crippen LogP contribution is -2.48. The van der Waals surface area contributed by atoms with E-state index in [1.54, 1.807) is 6.92 Å². The third kappa shape index (κ3) is 6.22. The molecular weight excluding hydrogens is 254 g/mol. The Morgan fingerprint density at radius 1 is 1.05 bits per heavy atom. The van der Waals surface area contributed by atoms with Crippen molar-refractivity contribution in [2.24, 2.45) is 5.92 Å². The Bertz CT molecular complexity index is 432. The Balaban J connectivity index is 2.29. The van der Waals surface area contributed by atoms with Gasteiger partial charge in [0.2, 0.25) is 5.91 Å². The van der Waals surface area contributed by atoms with Crippen molar-refractivity contribution in [3.8, 4) is 0 Å². The molecule has 5 nitrogen and oxygen atoms in total. The molecule has 0 aromatic heterocycles. The molecule has 1 atom stereocenters. The first-order valence-electron chi connectivity index (χ1n) is 6.85. The third-order valence-electron chi connectivity index (χ3n) is 2.72. The van der Waals surface area contributed by atoms with Gasteiger partial charge >= 0.3 is 6.03 Å². The Morgan fingerprint density at radius 3 is 2.30 bits per heavy atom. The van der Waals surface area contributed by atoms with E-state index in [2.05, 4.69) is 16.0 Å². The standard InChI is InChI=1S/C15H23N3O2/c1-11(2)9-16-14(19)12(3)18-15(20)17-10-13-7-5-4-6-8-13/h4-8,11-12H,9-10H2,1-3H3,(H,16,19)(H2,17,18,20). The lowest BCUT2D eigenvalue weighted by molar-refractivity contribution is -0.122. The van der Waals surface area contributed by atoms with Gasteiger partial charge in [-0.25, -0.2) is 4.79 Å². The maximum Gasteiger partial charge on any atom is 0.315 e. The van der Waals surface area contributed by atoms with E-state index in [-0.39, 0.29) is 11.9 Å². The van der Waals surface area contributed by atoms with Crippen molar-refractivity contribution >= 4 is 11.9 Å². The molecule has 3 amide bonds. The highest BCUT2D eigenvalue weighted by molar-refractivity contribution is 5.86. The van der Waals surface area contributed by atoms with Crippen LogP contribution in [0.25, 0.3) is 0 Å². The summed E-state index contributed by atoms with van der Waals surface area (Å²) >= 11 is 0. The molecule has 20 heavy (non-hydrogen) atoms. The van der Waals surface area contributed by atoms with E-state index in [1.165, 1.54) is 0 Å². The van der Waals surface area contributed by atoms with E-state index in [4.69, 9.17) is 0 Å². The molecule has 0 spiro atoms. The molecule has 0 saturated carbocycles. The van der Waals surface area contributed by atoms with Gasteiger partial charge in [0.05, 0.1) is 0 Å². The number of amides is 3. The Hall–Kier alpha value is -2.04. The van der Waals surface area contributed by atoms with Crippen LogP contribution in [-0.2, 0) is 11.3 Å². The number of rotatable bonds is 6. The summed E-state index contributed by atoms with van der Waals surface area (Å²) in [5, 5.41) is 8.11. The van der Waals surface area contributed by atoms with Crippen molar-refractivity contribution in [1.82, 2.24) is 16.0 Å². The number of urea groups is 1. The van der Waals surface area contributed by atoms with E-state index >= 15 is 0 Å². The maximum absolute atomic E-state index is 11.7. The highest BCUT2D eigenvalue weighted by Crippen LogP contribution is 1.97. The van der Waals surface area contributed by atoms with Gasteiger partial charge in [-0.15, -0.1) is 0 Å². The second-order valence-electron chi connectivity index (χ2n) is 5.17. The van der Waals surface area contributed by atoms with Gasteiger partial charge in [-0.05, 0) is 18.4 Å². The molecule has 0 saturated heterocycles. The lowest BCUT2D eigenvalue weighted by Gasteiger charge is -2.15. The van der Waals surface area contributed by atoms with Gasteiger partial charge in [-0.2, -0.15) is 0 Å². The summed E-state index contributed by atoms with van der Waals surface area (Å²) in [5.41, 5.74) is 1.01. The second-order valence-corrected chi connectivity index (χ2v) is 5.17. The first-order valence-corrected chi connectivity index (χ1v) is 6.85. The predicted octanol–water partition coefficient (Wildman–Crippen LogP) is 1.65. The van der Waals surface area contributed by atoms with Crippen LogP contribution in [0, 0.1) is 5.92 Å². The Kier molecular flexibility index (Phi) is 6.56. The van der Waals surface area contributed by atoms with Crippen LogP contribution in [0.15, 0.2) is 30.3 Å². The minimum Gasteiger partial charge on any atom is -0.354 e. The molecule has 110 valence electrons. The average molecular weight is 277 g/mol. The van der Waals surface area contributed by atoms with Crippen LogP contribution in [0.2, 0.25) is 0 Å². The summed E-state index contributed by atoms with van der Waals surface area (Å²) in [6.07, 6.45) is 0. The molecule has 1 unspecified atom stereocenters. The number of hydrogen-bond donors (Lipinski definition) is 3. The Labute approximate surface area is 120 Å². The van der Waals surface area contributed by atoms with Gasteiger partial charge in [-0.3, -0.25) is 4.79 Å². The molecule has 0 aliphatic carbocycles. The molecule has 0 aliphatic rings. The molecular formula is C15H23N3O2. The molecule has 0 bridgehead atoms. The lowest BCUT2D eigenvalue weighted by atomic mass is 10.2. The molecule has 1 rings (SSSR count). The van der Waals surface area contributed by atoms with Gasteiger partial charge in [0.1, 0.15) is 6.04 Å². The van der Waals surface area contributed by atoms with Gasteiger partial charge < -0.3 is 16.0 Å². The fourth-order valence-corrected chi connectivity index (χ4v) is 1.55.